The lowest BCUT2D eigenvalue weighted by molar-refractivity contribution is -0.148. The van der Waals surface area contributed by atoms with Gasteiger partial charge in [0.25, 0.3) is 0 Å². The number of methoxy groups -OCH3 is 2. The van der Waals surface area contributed by atoms with Crippen LogP contribution in [-0.2, 0) is 47.8 Å². The normalized spacial score (nSPS) is 22.5. The molecule has 20 nitrogen and oxygen atoms in total. The standard InChI is InChI=1S/C54H86N6O14/c1-14-33(6)45(40(72-12)30-41(61)60-28-20-24-39(60)47(73-13)34(7)48(65)55-35(8)46(64)36-21-16-15-17-22-36)58(10)50(67)43(31(2)3)57-49(66)44(32(4)5)59(11)53(71)74-37-23-18-19-26-54(9,27-25-37)52(70)56-38(51(68)69)29-42(62)63/h15-18,21-23,31-35,37-40,43-47,64H,14,19-20,24-30H2,1-13H3,(H,55,65)(H,56,70)(H,57,66)(H,62,63)(H,68,69)/b23-18+/t33-,34+,35+,37-,38-,39-,40?,43-,44-,45-,46+,47+,54+/m0/s1. The van der Waals surface area contributed by atoms with E-state index in [9.17, 15) is 48.6 Å². The molecule has 0 spiro atoms. The largest absolute Gasteiger partial charge is 0.481 e. The monoisotopic (exact) mass is 1040 g/mol. The molecular formula is C54H86N6O14. The Morgan fingerprint density at radius 1 is 0.824 bits per heavy atom. The van der Waals surface area contributed by atoms with Crippen LogP contribution in [0.4, 0.5) is 4.79 Å². The molecule has 20 heteroatoms. The second kappa shape index (κ2) is 28.9. The van der Waals surface area contributed by atoms with E-state index in [0.29, 0.717) is 44.2 Å². The van der Waals surface area contributed by atoms with Crippen LogP contribution in [0.3, 0.4) is 0 Å². The van der Waals surface area contributed by atoms with Gasteiger partial charge in [0.15, 0.2) is 0 Å². The lowest BCUT2D eigenvalue weighted by Crippen LogP contribution is -2.60. The SMILES string of the molecule is CC[C@H](C)[C@@H](C(CC(=O)N1CCC[C@H]1[C@H](OC)[C@@H](C)C(=O)N[C@H](C)[C@@H](O)c1ccccc1)OC)N(C)C(=O)[C@@H](NC(=O)[C@H](C(C)C)N(C)C(=O)O[C@H]1/C=C/CC[C@@](C)(C(=O)N[C@@H](CC(=O)O)C(=O)O)CC1)C(C)C. The van der Waals surface area contributed by atoms with Crippen molar-refractivity contribution in [1.29, 1.82) is 0 Å². The molecule has 416 valence electrons. The third kappa shape index (κ3) is 16.7. The van der Waals surface area contributed by atoms with Gasteiger partial charge in [-0.1, -0.05) is 98.2 Å². The number of likely N-dealkylation sites (tertiary alicyclic amines) is 1. The summed E-state index contributed by atoms with van der Waals surface area (Å²) in [7, 11) is 6.07. The van der Waals surface area contributed by atoms with Crippen LogP contribution in [0.25, 0.3) is 0 Å². The minimum atomic E-state index is -1.62. The van der Waals surface area contributed by atoms with Gasteiger partial charge >= 0.3 is 18.0 Å². The molecule has 1 fully saturated rings. The molecule has 1 heterocycles. The summed E-state index contributed by atoms with van der Waals surface area (Å²) in [4.78, 5) is 112. The number of carboxylic acids is 2. The summed E-state index contributed by atoms with van der Waals surface area (Å²) < 4.78 is 17.9. The molecule has 1 unspecified atom stereocenters. The number of allylic oxidation sites excluding steroid dienone is 1. The van der Waals surface area contributed by atoms with E-state index in [1.54, 1.807) is 89.6 Å². The summed E-state index contributed by atoms with van der Waals surface area (Å²) in [6, 6.07) is 3.65. The molecule has 0 saturated carbocycles. The van der Waals surface area contributed by atoms with Gasteiger partial charge in [-0.2, -0.15) is 0 Å². The average Bonchev–Trinajstić information content (AvgIpc) is 3.84. The van der Waals surface area contributed by atoms with Crippen molar-refractivity contribution in [2.45, 2.75) is 181 Å². The fourth-order valence-corrected chi connectivity index (χ4v) is 10.3. The Labute approximate surface area is 437 Å². The number of aliphatic carboxylic acids is 2. The third-order valence-electron chi connectivity index (χ3n) is 15.1. The van der Waals surface area contributed by atoms with E-state index in [2.05, 4.69) is 16.0 Å². The van der Waals surface area contributed by atoms with Crippen LogP contribution < -0.4 is 16.0 Å². The number of carbonyl (C=O) groups excluding carboxylic acids is 6. The van der Waals surface area contributed by atoms with E-state index in [0.717, 1.165) is 0 Å². The second-order valence-electron chi connectivity index (χ2n) is 21.2. The number of rotatable bonds is 26. The fraction of sp³-hybridized carbons (Fsp3) is 0.704. The van der Waals surface area contributed by atoms with Crippen molar-refractivity contribution in [3.05, 3.63) is 48.0 Å². The highest BCUT2D eigenvalue weighted by Gasteiger charge is 2.44. The number of amides is 6. The summed E-state index contributed by atoms with van der Waals surface area (Å²) in [5.41, 5.74) is -0.435. The predicted octanol–water partition coefficient (Wildman–Crippen LogP) is 4.93. The maximum atomic E-state index is 14.7. The summed E-state index contributed by atoms with van der Waals surface area (Å²) in [5, 5.41) is 37.8. The van der Waals surface area contributed by atoms with Gasteiger partial charge in [-0.05, 0) is 74.8 Å². The Balaban J connectivity index is 1.75. The summed E-state index contributed by atoms with van der Waals surface area (Å²) in [6.07, 6.45) is 1.54. The highest BCUT2D eigenvalue weighted by Crippen LogP contribution is 2.34. The van der Waals surface area contributed by atoms with E-state index in [1.807, 2.05) is 32.0 Å². The number of likely N-dealkylation sites (N-methyl/N-ethyl adjacent to an activating group) is 2. The molecule has 6 amide bonds. The first kappa shape index (κ1) is 62.7. The van der Waals surface area contributed by atoms with Crippen molar-refractivity contribution in [3.63, 3.8) is 0 Å². The number of ether oxygens (including phenoxy) is 3. The lowest BCUT2D eigenvalue weighted by atomic mass is 9.77. The molecule has 6 N–H and O–H groups in total. The molecule has 1 saturated heterocycles. The van der Waals surface area contributed by atoms with Gasteiger partial charge in [0.1, 0.15) is 24.2 Å². The van der Waals surface area contributed by atoms with Crippen LogP contribution >= 0.6 is 0 Å². The summed E-state index contributed by atoms with van der Waals surface area (Å²) >= 11 is 0. The highest BCUT2D eigenvalue weighted by molar-refractivity contribution is 5.92. The van der Waals surface area contributed by atoms with Crippen molar-refractivity contribution in [2.75, 3.05) is 34.9 Å². The van der Waals surface area contributed by atoms with E-state index in [-0.39, 0.29) is 37.0 Å². The molecule has 0 aromatic heterocycles. The number of hydrogen-bond acceptors (Lipinski definition) is 12. The first-order valence-corrected chi connectivity index (χ1v) is 26.1. The fourth-order valence-electron chi connectivity index (χ4n) is 10.3. The van der Waals surface area contributed by atoms with Crippen molar-refractivity contribution >= 4 is 47.6 Å². The minimum absolute atomic E-state index is 0.0847. The Morgan fingerprint density at radius 2 is 1.47 bits per heavy atom. The third-order valence-corrected chi connectivity index (χ3v) is 15.1. The van der Waals surface area contributed by atoms with Gasteiger partial charge < -0.3 is 55.3 Å². The molecule has 1 aliphatic carbocycles. The number of aliphatic hydroxyl groups is 1. The van der Waals surface area contributed by atoms with Crippen molar-refractivity contribution < 1.29 is 67.9 Å². The zero-order valence-corrected chi connectivity index (χ0v) is 45.9. The number of benzene rings is 1. The molecule has 0 radical (unpaired) electrons. The van der Waals surface area contributed by atoms with E-state index in [1.165, 1.54) is 26.2 Å². The first-order chi connectivity index (χ1) is 34.7. The zero-order valence-electron chi connectivity index (χ0n) is 45.9. The molecule has 3 rings (SSSR count). The average molecular weight is 1040 g/mol. The van der Waals surface area contributed by atoms with Gasteiger partial charge in [-0.25, -0.2) is 9.59 Å². The molecule has 1 aliphatic heterocycles. The van der Waals surface area contributed by atoms with E-state index < -0.39 is 126 Å². The zero-order chi connectivity index (χ0) is 55.8. The molecule has 2 aliphatic rings. The number of aliphatic hydroxyl groups excluding tert-OH is 1. The van der Waals surface area contributed by atoms with Crippen molar-refractivity contribution in [1.82, 2.24) is 30.7 Å². The molecule has 0 bridgehead atoms. The molecular weight excluding hydrogens is 957 g/mol. The van der Waals surface area contributed by atoms with Crippen LogP contribution in [0.2, 0.25) is 0 Å². The smallest absolute Gasteiger partial charge is 0.410 e. The summed E-state index contributed by atoms with van der Waals surface area (Å²) in [5.74, 6) is -6.75. The topological polar surface area (TPSA) is 271 Å². The molecule has 13 atom stereocenters. The van der Waals surface area contributed by atoms with Gasteiger partial charge in [0, 0.05) is 40.3 Å². The predicted molar refractivity (Wildman–Crippen MR) is 276 cm³/mol. The number of carbonyl (C=O) groups is 8. The minimum Gasteiger partial charge on any atom is -0.481 e. The molecule has 1 aromatic rings. The summed E-state index contributed by atoms with van der Waals surface area (Å²) in [6.45, 7) is 16.6. The molecule has 1 aromatic carbocycles. The van der Waals surface area contributed by atoms with E-state index >= 15 is 0 Å². The van der Waals surface area contributed by atoms with Gasteiger partial charge in [-0.15, -0.1) is 0 Å². The van der Waals surface area contributed by atoms with Crippen LogP contribution in [0.1, 0.15) is 132 Å². The number of hydrogen-bond donors (Lipinski definition) is 6. The highest BCUT2D eigenvalue weighted by atomic mass is 16.6. The Bertz CT molecular complexity index is 2090. The Hall–Kier alpha value is -5.60. The quantitative estimate of drug-likeness (QED) is 0.0673. The maximum absolute atomic E-state index is 14.7. The van der Waals surface area contributed by atoms with Gasteiger partial charge in [0.2, 0.25) is 29.5 Å². The number of carboxylic acid groups (broad SMARTS) is 2. The van der Waals surface area contributed by atoms with Gasteiger partial charge in [-0.3, -0.25) is 33.7 Å². The van der Waals surface area contributed by atoms with Crippen molar-refractivity contribution in [3.8, 4) is 0 Å². The Morgan fingerprint density at radius 3 is 2.03 bits per heavy atom. The molecule has 74 heavy (non-hydrogen) atoms. The lowest BCUT2D eigenvalue weighted by Gasteiger charge is -2.41. The van der Waals surface area contributed by atoms with Crippen LogP contribution in [-0.4, -0.2) is 167 Å². The van der Waals surface area contributed by atoms with Crippen molar-refractivity contribution in [2.24, 2.45) is 29.1 Å². The van der Waals surface area contributed by atoms with Crippen LogP contribution in [0, 0.1) is 29.1 Å². The van der Waals surface area contributed by atoms with Gasteiger partial charge in [0.05, 0.1) is 55.2 Å². The van der Waals surface area contributed by atoms with E-state index in [4.69, 9.17) is 19.3 Å². The second-order valence-corrected chi connectivity index (χ2v) is 21.2. The van der Waals surface area contributed by atoms with Crippen LogP contribution in [0.15, 0.2) is 42.5 Å². The van der Waals surface area contributed by atoms with Crippen LogP contribution in [0.5, 0.6) is 0 Å². The maximum Gasteiger partial charge on any atom is 0.410 e. The first-order valence-electron chi connectivity index (χ1n) is 26.1. The number of nitrogens with one attached hydrogen (secondary N) is 3. The Kier molecular flexibility index (Phi) is 24.5. The number of nitrogens with zero attached hydrogens (tertiary/aromatic N) is 3.